The minimum Gasteiger partial charge on any atom is -0.497 e. The van der Waals surface area contributed by atoms with E-state index in [9.17, 15) is 0 Å². The number of hydrogen-bond donors (Lipinski definition) is 2. The van der Waals surface area contributed by atoms with E-state index in [0.29, 0.717) is 6.54 Å². The first-order valence-corrected chi connectivity index (χ1v) is 7.94. The fraction of sp³-hybridized carbons (Fsp3) is 0.500. The van der Waals surface area contributed by atoms with E-state index < -0.39 is 0 Å². The number of ether oxygens (including phenoxy) is 1. The normalized spacial score (nSPS) is 16.3. The third-order valence-corrected chi connectivity index (χ3v) is 4.47. The van der Waals surface area contributed by atoms with Crippen molar-refractivity contribution in [3.05, 3.63) is 42.5 Å². The average Bonchev–Trinajstić information content (AvgIpc) is 3.05. The number of rotatable bonds is 6. The molecule has 4 nitrogen and oxygen atoms in total. The zero-order chi connectivity index (χ0) is 15.8. The lowest BCUT2D eigenvalue weighted by molar-refractivity contribution is 0.404. The van der Waals surface area contributed by atoms with E-state index >= 15 is 0 Å². The highest BCUT2D eigenvalue weighted by atomic mass is 127. The number of nitrogens with zero attached hydrogens (tertiary/aromatic N) is 1. The standard InChI is InChI=1S/C18H27N3O.HI/c1-4-12-20-17(19-2)21-14-18(10-5-6-11-18)15-8-7-9-16(13-15)22-3;/h4,7-9,13H,1,5-6,10-12,14H2,2-3H3,(H2,19,20,21);1H. The summed E-state index contributed by atoms with van der Waals surface area (Å²) in [5.41, 5.74) is 1.52. The van der Waals surface area contributed by atoms with Crippen molar-refractivity contribution in [2.24, 2.45) is 4.99 Å². The Morgan fingerprint density at radius 2 is 2.09 bits per heavy atom. The SMILES string of the molecule is C=CCNC(=NC)NCC1(c2cccc(OC)c2)CCCC1.I. The van der Waals surface area contributed by atoms with Gasteiger partial charge in [-0.15, -0.1) is 30.6 Å². The molecule has 5 heteroatoms. The number of hydrogen-bond acceptors (Lipinski definition) is 2. The van der Waals surface area contributed by atoms with Crippen LogP contribution in [-0.4, -0.2) is 33.2 Å². The third kappa shape index (κ3) is 5.12. The van der Waals surface area contributed by atoms with Crippen molar-refractivity contribution in [2.75, 3.05) is 27.2 Å². The molecule has 1 aromatic rings. The largest absolute Gasteiger partial charge is 0.497 e. The van der Waals surface area contributed by atoms with Gasteiger partial charge in [0.05, 0.1) is 7.11 Å². The molecule has 0 unspecified atom stereocenters. The van der Waals surface area contributed by atoms with Gasteiger partial charge in [-0.3, -0.25) is 4.99 Å². The molecule has 0 aliphatic heterocycles. The fourth-order valence-electron chi connectivity index (χ4n) is 3.21. The maximum atomic E-state index is 5.39. The van der Waals surface area contributed by atoms with E-state index in [0.717, 1.165) is 18.3 Å². The van der Waals surface area contributed by atoms with Crippen LogP contribution in [0.2, 0.25) is 0 Å². The second-order valence-electron chi connectivity index (χ2n) is 5.81. The molecule has 0 atom stereocenters. The number of guanidine groups is 1. The number of aliphatic imine (C=N–C) groups is 1. The van der Waals surface area contributed by atoms with Crippen LogP contribution in [0.3, 0.4) is 0 Å². The first-order valence-electron chi connectivity index (χ1n) is 7.94. The average molecular weight is 429 g/mol. The van der Waals surface area contributed by atoms with E-state index in [4.69, 9.17) is 4.74 Å². The van der Waals surface area contributed by atoms with Crippen LogP contribution in [-0.2, 0) is 5.41 Å². The Morgan fingerprint density at radius 3 is 2.70 bits per heavy atom. The van der Waals surface area contributed by atoms with Crippen LogP contribution in [0.5, 0.6) is 5.75 Å². The van der Waals surface area contributed by atoms with Gasteiger partial charge in [0, 0.05) is 25.6 Å². The predicted octanol–water partition coefficient (Wildman–Crippen LogP) is 3.48. The second-order valence-corrected chi connectivity index (χ2v) is 5.81. The highest BCUT2D eigenvalue weighted by Gasteiger charge is 2.35. The Hall–Kier alpha value is -1.24. The zero-order valence-corrected chi connectivity index (χ0v) is 16.4. The van der Waals surface area contributed by atoms with Gasteiger partial charge in [-0.05, 0) is 30.5 Å². The summed E-state index contributed by atoms with van der Waals surface area (Å²) >= 11 is 0. The lowest BCUT2D eigenvalue weighted by atomic mass is 9.78. The zero-order valence-electron chi connectivity index (χ0n) is 14.1. The molecule has 2 N–H and O–H groups in total. The van der Waals surface area contributed by atoms with Gasteiger partial charge in [-0.2, -0.15) is 0 Å². The summed E-state index contributed by atoms with van der Waals surface area (Å²) in [4.78, 5) is 4.27. The Balaban J connectivity index is 0.00000264. The van der Waals surface area contributed by atoms with Crippen molar-refractivity contribution in [3.63, 3.8) is 0 Å². The van der Waals surface area contributed by atoms with Crippen LogP contribution in [0, 0.1) is 0 Å². The maximum absolute atomic E-state index is 5.39. The summed E-state index contributed by atoms with van der Waals surface area (Å²) in [5, 5.41) is 6.70. The molecule has 1 aliphatic carbocycles. The summed E-state index contributed by atoms with van der Waals surface area (Å²) in [6.45, 7) is 5.33. The van der Waals surface area contributed by atoms with Crippen LogP contribution in [0.15, 0.2) is 41.9 Å². The molecule has 0 spiro atoms. The minimum atomic E-state index is 0. The number of methoxy groups -OCH3 is 1. The molecule has 2 rings (SSSR count). The Kier molecular flexibility index (Phi) is 8.44. The van der Waals surface area contributed by atoms with Crippen LogP contribution in [0.1, 0.15) is 31.2 Å². The van der Waals surface area contributed by atoms with Crippen molar-refractivity contribution >= 4 is 29.9 Å². The van der Waals surface area contributed by atoms with E-state index in [2.05, 4.69) is 40.4 Å². The van der Waals surface area contributed by atoms with Gasteiger partial charge >= 0.3 is 0 Å². The van der Waals surface area contributed by atoms with E-state index in [-0.39, 0.29) is 29.4 Å². The molecule has 0 heterocycles. The van der Waals surface area contributed by atoms with Crippen molar-refractivity contribution in [2.45, 2.75) is 31.1 Å². The smallest absolute Gasteiger partial charge is 0.191 e. The fourth-order valence-corrected chi connectivity index (χ4v) is 3.21. The highest BCUT2D eigenvalue weighted by molar-refractivity contribution is 14.0. The first kappa shape index (κ1) is 19.8. The molecule has 128 valence electrons. The molecule has 0 aromatic heterocycles. The molecule has 1 aliphatic rings. The van der Waals surface area contributed by atoms with E-state index in [1.165, 1.54) is 31.2 Å². The van der Waals surface area contributed by atoms with E-state index in [1.807, 2.05) is 12.1 Å². The Morgan fingerprint density at radius 1 is 1.35 bits per heavy atom. The lowest BCUT2D eigenvalue weighted by Crippen LogP contribution is -2.44. The van der Waals surface area contributed by atoms with Gasteiger partial charge in [0.1, 0.15) is 5.75 Å². The molecule has 0 amide bonds. The van der Waals surface area contributed by atoms with Crippen LogP contribution >= 0.6 is 24.0 Å². The minimum absolute atomic E-state index is 0. The molecule has 1 aromatic carbocycles. The molecule has 1 fully saturated rings. The Bertz CT molecular complexity index is 525. The highest BCUT2D eigenvalue weighted by Crippen LogP contribution is 2.41. The van der Waals surface area contributed by atoms with Crippen molar-refractivity contribution in [3.8, 4) is 5.75 Å². The quantitative estimate of drug-likeness (QED) is 0.315. The van der Waals surface area contributed by atoms with Gasteiger partial charge in [0.25, 0.3) is 0 Å². The van der Waals surface area contributed by atoms with Gasteiger partial charge in [-0.1, -0.05) is 31.1 Å². The van der Waals surface area contributed by atoms with Crippen LogP contribution < -0.4 is 15.4 Å². The molecular weight excluding hydrogens is 401 g/mol. The van der Waals surface area contributed by atoms with Crippen molar-refractivity contribution in [1.82, 2.24) is 10.6 Å². The summed E-state index contributed by atoms with van der Waals surface area (Å²) in [6, 6.07) is 8.48. The molecule has 0 saturated heterocycles. The summed E-state index contributed by atoms with van der Waals surface area (Å²) in [5.74, 6) is 1.76. The molecule has 23 heavy (non-hydrogen) atoms. The van der Waals surface area contributed by atoms with Gasteiger partial charge in [0.2, 0.25) is 0 Å². The van der Waals surface area contributed by atoms with Crippen LogP contribution in [0.25, 0.3) is 0 Å². The molecule has 1 saturated carbocycles. The van der Waals surface area contributed by atoms with Gasteiger partial charge in [0.15, 0.2) is 5.96 Å². The summed E-state index contributed by atoms with van der Waals surface area (Å²) in [6.07, 6.45) is 6.78. The first-order chi connectivity index (χ1) is 10.7. The van der Waals surface area contributed by atoms with Crippen molar-refractivity contribution in [1.29, 1.82) is 0 Å². The number of halogens is 1. The maximum Gasteiger partial charge on any atom is 0.191 e. The lowest BCUT2D eigenvalue weighted by Gasteiger charge is -2.31. The van der Waals surface area contributed by atoms with Gasteiger partial charge in [-0.25, -0.2) is 0 Å². The Labute approximate surface area is 156 Å². The summed E-state index contributed by atoms with van der Waals surface area (Å²) < 4.78 is 5.39. The topological polar surface area (TPSA) is 45.7 Å². The number of benzene rings is 1. The molecular formula is C18H28IN3O. The monoisotopic (exact) mass is 429 g/mol. The van der Waals surface area contributed by atoms with Crippen LogP contribution in [0.4, 0.5) is 0 Å². The second kappa shape index (κ2) is 9.80. The van der Waals surface area contributed by atoms with E-state index in [1.54, 1.807) is 14.2 Å². The van der Waals surface area contributed by atoms with Gasteiger partial charge < -0.3 is 15.4 Å². The number of nitrogens with one attached hydrogen (secondary N) is 2. The molecule has 0 bridgehead atoms. The third-order valence-electron chi connectivity index (χ3n) is 4.47. The van der Waals surface area contributed by atoms with Crippen molar-refractivity contribution < 1.29 is 4.74 Å². The summed E-state index contributed by atoms with van der Waals surface area (Å²) in [7, 11) is 3.52. The molecule has 0 radical (unpaired) electrons. The predicted molar refractivity (Wildman–Crippen MR) is 108 cm³/mol.